The van der Waals surface area contributed by atoms with Crippen LogP contribution in [0.15, 0.2) is 0 Å². The minimum Gasteiger partial charge on any atom is -0.383 e. The fourth-order valence-electron chi connectivity index (χ4n) is 1.98. The van der Waals surface area contributed by atoms with E-state index in [1.807, 2.05) is 0 Å². The molecule has 1 fully saturated rings. The summed E-state index contributed by atoms with van der Waals surface area (Å²) in [6, 6.07) is 0.754. The van der Waals surface area contributed by atoms with Crippen molar-refractivity contribution in [2.45, 2.75) is 38.6 Å². The van der Waals surface area contributed by atoms with Crippen molar-refractivity contribution in [3.8, 4) is 0 Å². The molecule has 0 aromatic carbocycles. The molecule has 0 bridgehead atoms. The normalized spacial score (nSPS) is 30.5. The maximum absolute atomic E-state index is 5.00. The summed E-state index contributed by atoms with van der Waals surface area (Å²) in [5.74, 6) is 0.916. The molecule has 0 aliphatic heterocycles. The van der Waals surface area contributed by atoms with Gasteiger partial charge in [0.1, 0.15) is 0 Å². The first-order valence-electron chi connectivity index (χ1n) is 5.05. The fourth-order valence-corrected chi connectivity index (χ4v) is 1.98. The molecule has 0 spiro atoms. The Kier molecular flexibility index (Phi) is 4.62. The standard InChI is InChI=1S/C10H21NO/c1-9-4-3-5-10(8-9)11-6-7-12-2/h9-11H,3-8H2,1-2H3/t9-,10-/m0/s1. The molecule has 0 heterocycles. The van der Waals surface area contributed by atoms with Gasteiger partial charge in [0.05, 0.1) is 6.61 Å². The molecule has 1 aliphatic carbocycles. The highest BCUT2D eigenvalue weighted by Crippen LogP contribution is 2.23. The van der Waals surface area contributed by atoms with E-state index in [2.05, 4.69) is 12.2 Å². The number of nitrogens with one attached hydrogen (secondary N) is 1. The molecule has 0 radical (unpaired) electrons. The van der Waals surface area contributed by atoms with Crippen LogP contribution in [0, 0.1) is 5.92 Å². The van der Waals surface area contributed by atoms with Gasteiger partial charge in [0.25, 0.3) is 0 Å². The Morgan fingerprint density at radius 2 is 2.25 bits per heavy atom. The Morgan fingerprint density at radius 3 is 2.92 bits per heavy atom. The zero-order valence-corrected chi connectivity index (χ0v) is 8.31. The summed E-state index contributed by atoms with van der Waals surface area (Å²) in [4.78, 5) is 0. The van der Waals surface area contributed by atoms with Crippen molar-refractivity contribution in [3.63, 3.8) is 0 Å². The van der Waals surface area contributed by atoms with E-state index in [-0.39, 0.29) is 0 Å². The van der Waals surface area contributed by atoms with E-state index < -0.39 is 0 Å². The molecule has 1 aliphatic rings. The minimum atomic E-state index is 0.754. The summed E-state index contributed by atoms with van der Waals surface area (Å²) in [5.41, 5.74) is 0. The molecule has 2 atom stereocenters. The van der Waals surface area contributed by atoms with Crippen molar-refractivity contribution in [1.82, 2.24) is 5.32 Å². The van der Waals surface area contributed by atoms with Gasteiger partial charge in [-0.2, -0.15) is 0 Å². The number of methoxy groups -OCH3 is 1. The van der Waals surface area contributed by atoms with Crippen LogP contribution in [0.25, 0.3) is 0 Å². The Bertz CT molecular complexity index is 116. The Balaban J connectivity index is 2.06. The van der Waals surface area contributed by atoms with Gasteiger partial charge in [-0.25, -0.2) is 0 Å². The van der Waals surface area contributed by atoms with Gasteiger partial charge in [-0.05, 0) is 18.8 Å². The van der Waals surface area contributed by atoms with Gasteiger partial charge in [-0.15, -0.1) is 0 Å². The third-order valence-corrected chi connectivity index (χ3v) is 2.68. The van der Waals surface area contributed by atoms with Crippen LogP contribution < -0.4 is 5.32 Å². The number of hydrogen-bond acceptors (Lipinski definition) is 2. The zero-order valence-electron chi connectivity index (χ0n) is 8.31. The second-order valence-corrected chi connectivity index (χ2v) is 3.92. The lowest BCUT2D eigenvalue weighted by molar-refractivity contribution is 0.188. The molecular formula is C10H21NO. The van der Waals surface area contributed by atoms with Crippen LogP contribution in [0.1, 0.15) is 32.6 Å². The van der Waals surface area contributed by atoms with Gasteiger partial charge in [0.15, 0.2) is 0 Å². The Morgan fingerprint density at radius 1 is 1.42 bits per heavy atom. The molecule has 1 saturated carbocycles. The largest absolute Gasteiger partial charge is 0.383 e. The summed E-state index contributed by atoms with van der Waals surface area (Å²) in [6.45, 7) is 4.20. The van der Waals surface area contributed by atoms with E-state index >= 15 is 0 Å². The molecule has 1 rings (SSSR count). The topological polar surface area (TPSA) is 21.3 Å². The lowest BCUT2D eigenvalue weighted by Crippen LogP contribution is -2.35. The number of rotatable bonds is 4. The smallest absolute Gasteiger partial charge is 0.0587 e. The van der Waals surface area contributed by atoms with Crippen LogP contribution in [0.5, 0.6) is 0 Å². The van der Waals surface area contributed by atoms with Crippen molar-refractivity contribution in [2.75, 3.05) is 20.3 Å². The summed E-state index contributed by atoms with van der Waals surface area (Å²) >= 11 is 0. The Hall–Kier alpha value is -0.0800. The predicted molar refractivity (Wildman–Crippen MR) is 51.3 cm³/mol. The molecule has 0 amide bonds. The summed E-state index contributed by atoms with van der Waals surface area (Å²) in [5, 5.41) is 3.53. The van der Waals surface area contributed by atoms with Crippen LogP contribution in [0.4, 0.5) is 0 Å². The average Bonchev–Trinajstić information content (AvgIpc) is 2.05. The highest BCUT2D eigenvalue weighted by atomic mass is 16.5. The van der Waals surface area contributed by atoms with E-state index in [1.165, 1.54) is 25.7 Å². The van der Waals surface area contributed by atoms with Gasteiger partial charge in [-0.3, -0.25) is 0 Å². The second kappa shape index (κ2) is 5.55. The van der Waals surface area contributed by atoms with Gasteiger partial charge in [-0.1, -0.05) is 19.8 Å². The summed E-state index contributed by atoms with van der Waals surface area (Å²) in [6.07, 6.45) is 5.52. The zero-order chi connectivity index (χ0) is 8.81. The van der Waals surface area contributed by atoms with Gasteiger partial charge >= 0.3 is 0 Å². The molecular weight excluding hydrogens is 150 g/mol. The second-order valence-electron chi connectivity index (χ2n) is 3.92. The van der Waals surface area contributed by atoms with E-state index in [0.29, 0.717) is 0 Å². The summed E-state index contributed by atoms with van der Waals surface area (Å²) in [7, 11) is 1.76. The first kappa shape index (κ1) is 10.0. The van der Waals surface area contributed by atoms with Crippen molar-refractivity contribution in [3.05, 3.63) is 0 Å². The van der Waals surface area contributed by atoms with Crippen molar-refractivity contribution in [2.24, 2.45) is 5.92 Å². The van der Waals surface area contributed by atoms with Gasteiger partial charge in [0, 0.05) is 19.7 Å². The molecule has 0 aromatic heterocycles. The van der Waals surface area contributed by atoms with Crippen molar-refractivity contribution < 1.29 is 4.74 Å². The third-order valence-electron chi connectivity index (χ3n) is 2.68. The van der Waals surface area contributed by atoms with Crippen LogP contribution in [-0.4, -0.2) is 26.3 Å². The predicted octanol–water partition coefficient (Wildman–Crippen LogP) is 1.80. The Labute approximate surface area is 75.7 Å². The average molecular weight is 171 g/mol. The number of ether oxygens (including phenoxy) is 1. The van der Waals surface area contributed by atoms with Crippen LogP contribution >= 0.6 is 0 Å². The quantitative estimate of drug-likeness (QED) is 0.651. The molecule has 12 heavy (non-hydrogen) atoms. The first-order valence-corrected chi connectivity index (χ1v) is 5.05. The van der Waals surface area contributed by atoms with Gasteiger partial charge < -0.3 is 10.1 Å². The minimum absolute atomic E-state index is 0.754. The van der Waals surface area contributed by atoms with Crippen LogP contribution in [0.3, 0.4) is 0 Å². The fraction of sp³-hybridized carbons (Fsp3) is 1.00. The molecule has 72 valence electrons. The third kappa shape index (κ3) is 3.55. The van der Waals surface area contributed by atoms with E-state index in [9.17, 15) is 0 Å². The van der Waals surface area contributed by atoms with Gasteiger partial charge in [0.2, 0.25) is 0 Å². The van der Waals surface area contributed by atoms with E-state index in [1.54, 1.807) is 7.11 Å². The maximum Gasteiger partial charge on any atom is 0.0587 e. The lowest BCUT2D eigenvalue weighted by atomic mass is 9.87. The first-order chi connectivity index (χ1) is 5.83. The number of hydrogen-bond donors (Lipinski definition) is 1. The molecule has 0 unspecified atom stereocenters. The molecule has 1 N–H and O–H groups in total. The van der Waals surface area contributed by atoms with Crippen LogP contribution in [-0.2, 0) is 4.74 Å². The summed E-state index contributed by atoms with van der Waals surface area (Å²) < 4.78 is 5.00. The van der Waals surface area contributed by atoms with Crippen molar-refractivity contribution in [1.29, 1.82) is 0 Å². The molecule has 2 nitrogen and oxygen atoms in total. The maximum atomic E-state index is 5.00. The van der Waals surface area contributed by atoms with Crippen LogP contribution in [0.2, 0.25) is 0 Å². The molecule has 0 saturated heterocycles. The van der Waals surface area contributed by atoms with E-state index in [4.69, 9.17) is 4.74 Å². The molecule has 2 heteroatoms. The monoisotopic (exact) mass is 171 g/mol. The van der Waals surface area contributed by atoms with E-state index in [0.717, 1.165) is 25.1 Å². The highest BCUT2D eigenvalue weighted by molar-refractivity contribution is 4.75. The SMILES string of the molecule is COCCN[C@H]1CCC[C@H](C)C1. The van der Waals surface area contributed by atoms with Crippen molar-refractivity contribution >= 4 is 0 Å². The molecule has 0 aromatic rings. The highest BCUT2D eigenvalue weighted by Gasteiger charge is 2.17. The lowest BCUT2D eigenvalue weighted by Gasteiger charge is -2.27.